The highest BCUT2D eigenvalue weighted by Crippen LogP contribution is 2.29. The van der Waals surface area contributed by atoms with Gasteiger partial charge in [0.25, 0.3) is 0 Å². The predicted octanol–water partition coefficient (Wildman–Crippen LogP) is 3.32. The van der Waals surface area contributed by atoms with Crippen LogP contribution < -0.4 is 4.74 Å². The van der Waals surface area contributed by atoms with E-state index < -0.39 is 5.54 Å². The summed E-state index contributed by atoms with van der Waals surface area (Å²) in [6.07, 6.45) is 1.49. The molecule has 0 aliphatic carbocycles. The molecule has 19 heavy (non-hydrogen) atoms. The van der Waals surface area contributed by atoms with Gasteiger partial charge < -0.3 is 4.74 Å². The van der Waals surface area contributed by atoms with Crippen molar-refractivity contribution in [1.29, 1.82) is 0 Å². The van der Waals surface area contributed by atoms with E-state index in [4.69, 9.17) is 16.3 Å². The van der Waals surface area contributed by atoms with Crippen molar-refractivity contribution in [2.45, 2.75) is 19.4 Å². The topological polar surface area (TPSA) is 65.3 Å². The Balaban J connectivity index is 2.32. The fraction of sp³-hybridized carbons (Fsp3) is 0.308. The molecular formula is C13H13ClN2O3. The van der Waals surface area contributed by atoms with E-state index in [0.29, 0.717) is 10.9 Å². The Hall–Kier alpha value is -1.88. The molecule has 100 valence electrons. The quantitative estimate of drug-likeness (QED) is 0.489. The molecule has 5 nitrogen and oxygen atoms in total. The number of rotatable bonds is 4. The Kier molecular flexibility index (Phi) is 3.57. The minimum atomic E-state index is -1.15. The number of ether oxygens (including phenoxy) is 1. The molecule has 2 aromatic rings. The summed E-state index contributed by atoms with van der Waals surface area (Å²) in [6, 6.07) is 7.37. The van der Waals surface area contributed by atoms with E-state index in [-0.39, 0.29) is 11.5 Å². The number of benzene rings is 1. The molecule has 2 rings (SSSR count). The number of hydrogen-bond donors (Lipinski definition) is 0. The van der Waals surface area contributed by atoms with Gasteiger partial charge in [0.15, 0.2) is 6.61 Å². The molecule has 0 unspecified atom stereocenters. The first-order valence-corrected chi connectivity index (χ1v) is 6.10. The second kappa shape index (κ2) is 5.01. The summed E-state index contributed by atoms with van der Waals surface area (Å²) in [5.74, 6) is 0.495. The molecule has 0 atom stereocenters. The minimum absolute atomic E-state index is 0.0344. The molecule has 0 aliphatic rings. The molecule has 0 amide bonds. The summed E-state index contributed by atoms with van der Waals surface area (Å²) in [4.78, 5) is 14.5. The second-order valence-corrected chi connectivity index (χ2v) is 5.18. The predicted molar refractivity (Wildman–Crippen MR) is 73.3 cm³/mol. The van der Waals surface area contributed by atoms with Crippen LogP contribution in [-0.2, 0) is 0 Å². The van der Waals surface area contributed by atoms with Crippen molar-refractivity contribution in [3.05, 3.63) is 45.7 Å². The van der Waals surface area contributed by atoms with Crippen LogP contribution in [-0.4, -0.2) is 22.1 Å². The van der Waals surface area contributed by atoms with Crippen molar-refractivity contribution in [3.8, 4) is 5.75 Å². The molecule has 6 heteroatoms. The van der Waals surface area contributed by atoms with E-state index in [1.807, 2.05) is 24.3 Å². The number of fused-ring (bicyclic) bond motifs is 1. The third-order valence-corrected chi connectivity index (χ3v) is 3.09. The lowest BCUT2D eigenvalue weighted by Crippen LogP contribution is -2.37. The Morgan fingerprint density at radius 2 is 2.00 bits per heavy atom. The normalized spacial score (nSPS) is 11.5. The fourth-order valence-corrected chi connectivity index (χ4v) is 1.77. The van der Waals surface area contributed by atoms with Gasteiger partial charge in [0.2, 0.25) is 5.54 Å². The largest absolute Gasteiger partial charge is 0.484 e. The maximum Gasteiger partial charge on any atom is 0.250 e. The molecule has 0 bridgehead atoms. The van der Waals surface area contributed by atoms with Gasteiger partial charge in [-0.2, -0.15) is 0 Å². The maximum absolute atomic E-state index is 10.8. The Morgan fingerprint density at radius 1 is 1.37 bits per heavy atom. The van der Waals surface area contributed by atoms with E-state index >= 15 is 0 Å². The average Bonchev–Trinajstić information content (AvgIpc) is 2.38. The van der Waals surface area contributed by atoms with Crippen LogP contribution >= 0.6 is 11.6 Å². The van der Waals surface area contributed by atoms with Crippen LogP contribution in [0.3, 0.4) is 0 Å². The molecule has 0 aliphatic heterocycles. The second-order valence-electron chi connectivity index (χ2n) is 4.82. The smallest absolute Gasteiger partial charge is 0.250 e. The van der Waals surface area contributed by atoms with Gasteiger partial charge in [-0.25, -0.2) is 4.98 Å². The van der Waals surface area contributed by atoms with E-state index in [9.17, 15) is 10.1 Å². The average molecular weight is 281 g/mol. The van der Waals surface area contributed by atoms with Crippen LogP contribution in [0.5, 0.6) is 5.75 Å². The third kappa shape index (κ3) is 2.76. The summed E-state index contributed by atoms with van der Waals surface area (Å²) >= 11 is 5.99. The number of nitro groups is 1. The third-order valence-electron chi connectivity index (χ3n) is 2.79. The molecule has 0 saturated heterocycles. The van der Waals surface area contributed by atoms with Gasteiger partial charge in [-0.1, -0.05) is 35.9 Å². The Bertz CT molecular complexity index is 628. The van der Waals surface area contributed by atoms with E-state index in [1.165, 1.54) is 20.0 Å². The van der Waals surface area contributed by atoms with Crippen molar-refractivity contribution in [3.63, 3.8) is 0 Å². The van der Waals surface area contributed by atoms with E-state index in [0.717, 1.165) is 10.8 Å². The molecule has 1 aromatic heterocycles. The van der Waals surface area contributed by atoms with Crippen LogP contribution in [0.4, 0.5) is 0 Å². The maximum atomic E-state index is 10.8. The standard InChI is InChI=1S/C13H13ClN2O3/c1-13(2,16(17)18)8-19-11-7-15-12(14)10-6-4-3-5-9(10)11/h3-7H,8H2,1-2H3. The molecule has 0 fully saturated rings. The van der Waals surface area contributed by atoms with Crippen LogP contribution in [0, 0.1) is 10.1 Å². The zero-order chi connectivity index (χ0) is 14.0. The van der Waals surface area contributed by atoms with Gasteiger partial charge in [-0.15, -0.1) is 0 Å². The first kappa shape index (κ1) is 13.5. The van der Waals surface area contributed by atoms with Crippen LogP contribution in [0.25, 0.3) is 10.8 Å². The highest BCUT2D eigenvalue weighted by Gasteiger charge is 2.32. The van der Waals surface area contributed by atoms with Crippen molar-refractivity contribution in [1.82, 2.24) is 4.98 Å². The van der Waals surface area contributed by atoms with Crippen molar-refractivity contribution in [2.75, 3.05) is 6.61 Å². The Labute approximate surface area is 115 Å². The highest BCUT2D eigenvalue weighted by atomic mass is 35.5. The minimum Gasteiger partial charge on any atom is -0.484 e. The van der Waals surface area contributed by atoms with Crippen LogP contribution in [0.15, 0.2) is 30.5 Å². The molecule has 1 heterocycles. The summed E-state index contributed by atoms with van der Waals surface area (Å²) in [5.41, 5.74) is -1.15. The lowest BCUT2D eigenvalue weighted by molar-refractivity contribution is -0.562. The van der Waals surface area contributed by atoms with Crippen molar-refractivity contribution < 1.29 is 9.66 Å². The molecule has 1 aromatic carbocycles. The number of halogens is 1. The van der Waals surface area contributed by atoms with Gasteiger partial charge in [-0.05, 0) is 0 Å². The summed E-state index contributed by atoms with van der Waals surface area (Å²) in [5, 5.41) is 12.8. The summed E-state index contributed by atoms with van der Waals surface area (Å²) in [6.45, 7) is 2.99. The molecular weight excluding hydrogens is 268 g/mol. The SMILES string of the molecule is CC(C)(COc1cnc(Cl)c2ccccc12)[N+](=O)[O-]. The molecule has 0 spiro atoms. The zero-order valence-corrected chi connectivity index (χ0v) is 11.3. The van der Waals surface area contributed by atoms with Gasteiger partial charge in [0.1, 0.15) is 10.9 Å². The molecule has 0 radical (unpaired) electrons. The molecule has 0 saturated carbocycles. The van der Waals surface area contributed by atoms with Gasteiger partial charge in [-0.3, -0.25) is 10.1 Å². The van der Waals surface area contributed by atoms with E-state index in [2.05, 4.69) is 4.98 Å². The summed E-state index contributed by atoms with van der Waals surface area (Å²) < 4.78 is 5.54. The zero-order valence-electron chi connectivity index (χ0n) is 10.6. The summed E-state index contributed by atoms with van der Waals surface area (Å²) in [7, 11) is 0. The highest BCUT2D eigenvalue weighted by molar-refractivity contribution is 6.34. The lowest BCUT2D eigenvalue weighted by atomic mass is 10.1. The number of nitrogens with zero attached hydrogens (tertiary/aromatic N) is 2. The van der Waals surface area contributed by atoms with Crippen molar-refractivity contribution >= 4 is 22.4 Å². The van der Waals surface area contributed by atoms with Crippen molar-refractivity contribution in [2.24, 2.45) is 0 Å². The van der Waals surface area contributed by atoms with E-state index in [1.54, 1.807) is 0 Å². The first-order valence-electron chi connectivity index (χ1n) is 5.72. The number of aromatic nitrogens is 1. The number of hydrogen-bond acceptors (Lipinski definition) is 4. The Morgan fingerprint density at radius 3 is 2.63 bits per heavy atom. The van der Waals surface area contributed by atoms with Gasteiger partial charge in [0.05, 0.1) is 6.20 Å². The van der Waals surface area contributed by atoms with Crippen LogP contribution in [0.1, 0.15) is 13.8 Å². The molecule has 0 N–H and O–H groups in total. The monoisotopic (exact) mass is 280 g/mol. The fourth-order valence-electron chi connectivity index (χ4n) is 1.55. The van der Waals surface area contributed by atoms with Crippen LogP contribution in [0.2, 0.25) is 5.15 Å². The van der Waals surface area contributed by atoms with Gasteiger partial charge >= 0.3 is 0 Å². The first-order chi connectivity index (χ1) is 8.92. The van der Waals surface area contributed by atoms with Gasteiger partial charge in [0, 0.05) is 29.5 Å². The lowest BCUT2D eigenvalue weighted by Gasteiger charge is -2.17. The number of pyridine rings is 1.